The molecule has 34 heavy (non-hydrogen) atoms. The maximum atomic E-state index is 13.0. The Morgan fingerprint density at radius 2 is 1.88 bits per heavy atom. The lowest BCUT2D eigenvalue weighted by Gasteiger charge is -2.45. The second kappa shape index (κ2) is 9.34. The number of benzene rings is 1. The van der Waals surface area contributed by atoms with Crippen molar-refractivity contribution in [2.75, 3.05) is 20.2 Å². The summed E-state index contributed by atoms with van der Waals surface area (Å²) in [5.41, 5.74) is 2.34. The normalized spacial score (nSPS) is 29.6. The molecule has 3 unspecified atom stereocenters. The minimum Gasteiger partial charge on any atom is -0.489 e. The van der Waals surface area contributed by atoms with Crippen molar-refractivity contribution in [2.45, 2.75) is 88.6 Å². The molecule has 3 fully saturated rings. The van der Waals surface area contributed by atoms with E-state index in [9.17, 15) is 9.59 Å². The lowest BCUT2D eigenvalue weighted by atomic mass is 9.87. The molecule has 3 atom stereocenters. The molecule has 0 aromatic heterocycles. The Morgan fingerprint density at radius 1 is 1.12 bits per heavy atom. The highest BCUT2D eigenvalue weighted by Crippen LogP contribution is 2.35. The van der Waals surface area contributed by atoms with Crippen LogP contribution in [0.1, 0.15) is 74.2 Å². The molecular formula is C27H37N3O4. The molecule has 5 rings (SSSR count). The fourth-order valence-electron chi connectivity index (χ4n) is 6.04. The average molecular weight is 468 g/mol. The van der Waals surface area contributed by atoms with E-state index >= 15 is 0 Å². The van der Waals surface area contributed by atoms with Crippen LogP contribution < -0.4 is 10.1 Å². The summed E-state index contributed by atoms with van der Waals surface area (Å²) in [7, 11) is 1.82. The van der Waals surface area contributed by atoms with Gasteiger partial charge in [-0.3, -0.25) is 14.5 Å². The quantitative estimate of drug-likeness (QED) is 0.716. The van der Waals surface area contributed by atoms with Crippen LogP contribution in [0.3, 0.4) is 0 Å². The molecule has 0 radical (unpaired) electrons. The SMILES string of the molecule is C=C1CCC(N2Cc3cc(OC4CCCCC4N4CCC(C)(OC)CC4)ccc3C2=O)C(=O)N1. The summed E-state index contributed by atoms with van der Waals surface area (Å²) < 4.78 is 12.3. The minimum atomic E-state index is -0.436. The number of methoxy groups -OCH3 is 1. The van der Waals surface area contributed by atoms with E-state index < -0.39 is 6.04 Å². The van der Waals surface area contributed by atoms with Crippen molar-refractivity contribution in [3.05, 3.63) is 41.6 Å². The summed E-state index contributed by atoms with van der Waals surface area (Å²) in [5, 5.41) is 2.80. The third kappa shape index (κ3) is 4.48. The molecule has 0 spiro atoms. The van der Waals surface area contributed by atoms with Gasteiger partial charge in [-0.2, -0.15) is 0 Å². The number of carbonyl (C=O) groups is 2. The number of rotatable bonds is 5. The van der Waals surface area contributed by atoms with Crippen molar-refractivity contribution in [3.63, 3.8) is 0 Å². The van der Waals surface area contributed by atoms with E-state index in [1.54, 1.807) is 4.90 Å². The van der Waals surface area contributed by atoms with Crippen LogP contribution in [0.5, 0.6) is 5.75 Å². The van der Waals surface area contributed by atoms with Gasteiger partial charge in [-0.25, -0.2) is 0 Å². The van der Waals surface area contributed by atoms with E-state index in [0.717, 1.165) is 55.8 Å². The zero-order chi connectivity index (χ0) is 23.9. The smallest absolute Gasteiger partial charge is 0.255 e. The molecule has 1 saturated carbocycles. The third-order valence-corrected chi connectivity index (χ3v) is 8.38. The molecule has 0 bridgehead atoms. The Balaban J connectivity index is 1.27. The summed E-state index contributed by atoms with van der Waals surface area (Å²) in [6.07, 6.45) is 8.21. The van der Waals surface area contributed by atoms with Gasteiger partial charge in [0.1, 0.15) is 17.9 Å². The predicted molar refractivity (Wildman–Crippen MR) is 130 cm³/mol. The van der Waals surface area contributed by atoms with Gasteiger partial charge in [0, 0.05) is 44.0 Å². The molecule has 4 aliphatic rings. The van der Waals surface area contributed by atoms with Crippen LogP contribution in [0.15, 0.2) is 30.5 Å². The maximum absolute atomic E-state index is 13.0. The third-order valence-electron chi connectivity index (χ3n) is 8.38. The average Bonchev–Trinajstić information content (AvgIpc) is 3.15. The van der Waals surface area contributed by atoms with E-state index in [1.807, 2.05) is 25.3 Å². The van der Waals surface area contributed by atoms with E-state index in [1.165, 1.54) is 12.8 Å². The molecule has 1 aromatic rings. The van der Waals surface area contributed by atoms with Crippen molar-refractivity contribution in [1.29, 1.82) is 0 Å². The van der Waals surface area contributed by atoms with Crippen LogP contribution in [-0.2, 0) is 16.1 Å². The molecular weight excluding hydrogens is 430 g/mol. The zero-order valence-corrected chi connectivity index (χ0v) is 20.5. The van der Waals surface area contributed by atoms with Gasteiger partial charge in [-0.05, 0) is 75.6 Å². The van der Waals surface area contributed by atoms with Gasteiger partial charge in [-0.1, -0.05) is 13.0 Å². The maximum Gasteiger partial charge on any atom is 0.255 e. The molecule has 1 aromatic carbocycles. The first-order valence-corrected chi connectivity index (χ1v) is 12.8. The Labute approximate surface area is 202 Å². The van der Waals surface area contributed by atoms with Gasteiger partial charge < -0.3 is 19.7 Å². The lowest BCUT2D eigenvalue weighted by molar-refractivity contribution is -0.126. The van der Waals surface area contributed by atoms with Gasteiger partial charge in [0.2, 0.25) is 5.91 Å². The molecule has 184 valence electrons. The van der Waals surface area contributed by atoms with Crippen LogP contribution in [0.4, 0.5) is 0 Å². The summed E-state index contributed by atoms with van der Waals surface area (Å²) in [6.45, 7) is 8.58. The van der Waals surface area contributed by atoms with Crippen LogP contribution in [0.2, 0.25) is 0 Å². The topological polar surface area (TPSA) is 71.1 Å². The number of nitrogens with one attached hydrogen (secondary N) is 1. The van der Waals surface area contributed by atoms with Crippen molar-refractivity contribution in [2.24, 2.45) is 0 Å². The van der Waals surface area contributed by atoms with Crippen LogP contribution >= 0.6 is 0 Å². The van der Waals surface area contributed by atoms with Crippen LogP contribution in [0, 0.1) is 0 Å². The van der Waals surface area contributed by atoms with Crippen molar-refractivity contribution in [3.8, 4) is 5.75 Å². The van der Waals surface area contributed by atoms with E-state index in [2.05, 4.69) is 23.7 Å². The highest BCUT2D eigenvalue weighted by molar-refractivity contribution is 6.01. The number of likely N-dealkylation sites (tertiary alicyclic amines) is 1. The second-order valence-corrected chi connectivity index (χ2v) is 10.6. The second-order valence-electron chi connectivity index (χ2n) is 10.6. The predicted octanol–water partition coefficient (Wildman–Crippen LogP) is 3.63. The number of piperidine rings is 2. The summed E-state index contributed by atoms with van der Waals surface area (Å²) in [5.74, 6) is 0.620. The van der Waals surface area contributed by atoms with Gasteiger partial charge in [-0.15, -0.1) is 0 Å². The first-order chi connectivity index (χ1) is 16.4. The molecule has 3 heterocycles. The first kappa shape index (κ1) is 23.4. The first-order valence-electron chi connectivity index (χ1n) is 12.8. The number of fused-ring (bicyclic) bond motifs is 1. The van der Waals surface area contributed by atoms with Crippen molar-refractivity contribution in [1.82, 2.24) is 15.1 Å². The number of hydrogen-bond donors (Lipinski definition) is 1. The van der Waals surface area contributed by atoms with Gasteiger partial charge >= 0.3 is 0 Å². The monoisotopic (exact) mass is 467 g/mol. The molecule has 7 nitrogen and oxygen atoms in total. The molecule has 7 heteroatoms. The summed E-state index contributed by atoms with van der Waals surface area (Å²) >= 11 is 0. The number of nitrogens with zero attached hydrogens (tertiary/aromatic N) is 2. The Morgan fingerprint density at radius 3 is 2.62 bits per heavy atom. The number of amides is 2. The minimum absolute atomic E-state index is 0.0115. The fourth-order valence-corrected chi connectivity index (χ4v) is 6.04. The fraction of sp³-hybridized carbons (Fsp3) is 0.630. The van der Waals surface area contributed by atoms with Crippen molar-refractivity contribution >= 4 is 11.8 Å². The number of allylic oxidation sites excluding steroid dienone is 1. The van der Waals surface area contributed by atoms with E-state index in [4.69, 9.17) is 9.47 Å². The van der Waals surface area contributed by atoms with Gasteiger partial charge in [0.15, 0.2) is 0 Å². The standard InChI is InChI=1S/C27H37N3O4/c1-18-8-11-23(25(31)28-18)30-17-19-16-20(9-10-21(19)26(30)32)34-24-7-5-4-6-22(24)29-14-12-27(2,33-3)13-15-29/h9-10,16,22-24H,1,4-8,11-15,17H2,2-3H3,(H,28,31). The number of hydrogen-bond acceptors (Lipinski definition) is 5. The molecule has 1 N–H and O–H groups in total. The molecule has 1 aliphatic carbocycles. The highest BCUT2D eigenvalue weighted by Gasteiger charge is 2.39. The van der Waals surface area contributed by atoms with E-state index in [-0.39, 0.29) is 23.5 Å². The van der Waals surface area contributed by atoms with Crippen molar-refractivity contribution < 1.29 is 19.1 Å². The van der Waals surface area contributed by atoms with Crippen LogP contribution in [-0.4, -0.2) is 65.6 Å². The lowest BCUT2D eigenvalue weighted by Crippen LogP contribution is -2.53. The Bertz CT molecular complexity index is 969. The molecule has 2 saturated heterocycles. The Kier molecular flexibility index (Phi) is 6.42. The largest absolute Gasteiger partial charge is 0.489 e. The number of ether oxygens (including phenoxy) is 2. The Hall–Kier alpha value is -2.38. The summed E-state index contributed by atoms with van der Waals surface area (Å²) in [6, 6.07) is 5.79. The van der Waals surface area contributed by atoms with Crippen LogP contribution in [0.25, 0.3) is 0 Å². The molecule has 3 aliphatic heterocycles. The zero-order valence-electron chi connectivity index (χ0n) is 20.5. The van der Waals surface area contributed by atoms with Gasteiger partial charge in [0.05, 0.1) is 5.60 Å². The van der Waals surface area contributed by atoms with E-state index in [0.29, 0.717) is 31.0 Å². The summed E-state index contributed by atoms with van der Waals surface area (Å²) in [4.78, 5) is 29.8. The molecule has 2 amide bonds. The highest BCUT2D eigenvalue weighted by atomic mass is 16.5. The number of carbonyl (C=O) groups excluding carboxylic acids is 2. The van der Waals surface area contributed by atoms with Gasteiger partial charge in [0.25, 0.3) is 5.91 Å².